The van der Waals surface area contributed by atoms with Crippen LogP contribution in [0.15, 0.2) is 23.3 Å². The lowest BCUT2D eigenvalue weighted by atomic mass is 10.1. The Hall–Kier alpha value is -1.09. The first-order valence-corrected chi connectivity index (χ1v) is 8.41. The van der Waals surface area contributed by atoms with Gasteiger partial charge in [0, 0.05) is 45.0 Å². The lowest BCUT2D eigenvalue weighted by Gasteiger charge is -2.29. The molecule has 0 aromatic carbocycles. The molecule has 1 aliphatic heterocycles. The molecule has 1 aromatic rings. The fourth-order valence-electron chi connectivity index (χ4n) is 2.51. The minimum Gasteiger partial charge on any atom is -0.378 e. The predicted octanol–water partition coefficient (Wildman–Crippen LogP) is 2.25. The number of ether oxygens (including phenoxy) is 1. The van der Waals surface area contributed by atoms with Crippen molar-refractivity contribution in [3.05, 3.63) is 23.9 Å². The molecule has 0 saturated carbocycles. The largest absolute Gasteiger partial charge is 0.378 e. The first-order valence-electron chi connectivity index (χ1n) is 8.41. The van der Waals surface area contributed by atoms with Gasteiger partial charge in [0.2, 0.25) is 0 Å². The summed E-state index contributed by atoms with van der Waals surface area (Å²) in [5.74, 6) is 2.57. The van der Waals surface area contributed by atoms with Crippen LogP contribution in [0.25, 0.3) is 0 Å². The van der Waals surface area contributed by atoms with Crippen LogP contribution in [0.5, 0.6) is 0 Å². The summed E-state index contributed by atoms with van der Waals surface area (Å²) in [6.07, 6.45) is 2.98. The van der Waals surface area contributed by atoms with Crippen LogP contribution in [0.3, 0.4) is 0 Å². The average Bonchev–Trinajstić information content (AvgIpc) is 2.58. The number of pyridine rings is 1. The van der Waals surface area contributed by atoms with Crippen LogP contribution in [-0.2, 0) is 11.3 Å². The molecule has 2 heterocycles. The fraction of sp³-hybridized carbons (Fsp3) is 0.647. The minimum absolute atomic E-state index is 0. The van der Waals surface area contributed by atoms with Gasteiger partial charge in [0.15, 0.2) is 5.96 Å². The number of nitrogens with one attached hydrogen (secondary N) is 2. The molecule has 7 heteroatoms. The van der Waals surface area contributed by atoms with E-state index in [1.54, 1.807) is 7.05 Å². The van der Waals surface area contributed by atoms with E-state index in [1.807, 2.05) is 12.3 Å². The Balaban J connectivity index is 0.00000288. The highest BCUT2D eigenvalue weighted by atomic mass is 127. The van der Waals surface area contributed by atoms with Crippen LogP contribution >= 0.6 is 24.0 Å². The van der Waals surface area contributed by atoms with E-state index >= 15 is 0 Å². The zero-order valence-corrected chi connectivity index (χ0v) is 17.2. The van der Waals surface area contributed by atoms with E-state index < -0.39 is 0 Å². The number of morpholine rings is 1. The standard InChI is InChI=1S/C17H29N5O.HI/c1-14(2)6-8-20-17(18-3)21-13-15-5-4-7-19-16(15)22-9-11-23-12-10-22;/h4-5,7,14H,6,8-13H2,1-3H3,(H2,18,20,21);1H. The Morgan fingerprint density at radius 1 is 1.33 bits per heavy atom. The summed E-state index contributed by atoms with van der Waals surface area (Å²) in [7, 11) is 1.80. The number of hydrogen-bond acceptors (Lipinski definition) is 4. The Morgan fingerprint density at radius 3 is 2.75 bits per heavy atom. The van der Waals surface area contributed by atoms with E-state index in [-0.39, 0.29) is 24.0 Å². The molecule has 0 amide bonds. The van der Waals surface area contributed by atoms with E-state index in [2.05, 4.69) is 45.4 Å². The average molecular weight is 447 g/mol. The van der Waals surface area contributed by atoms with Gasteiger partial charge in [-0.2, -0.15) is 0 Å². The minimum atomic E-state index is 0. The summed E-state index contributed by atoms with van der Waals surface area (Å²) in [6, 6.07) is 4.10. The van der Waals surface area contributed by atoms with E-state index in [9.17, 15) is 0 Å². The molecule has 1 aliphatic rings. The van der Waals surface area contributed by atoms with E-state index in [1.165, 1.54) is 5.56 Å². The Morgan fingerprint density at radius 2 is 2.08 bits per heavy atom. The van der Waals surface area contributed by atoms with Crippen LogP contribution in [0.4, 0.5) is 5.82 Å². The van der Waals surface area contributed by atoms with Crippen molar-refractivity contribution in [3.8, 4) is 0 Å². The van der Waals surface area contributed by atoms with E-state index in [0.717, 1.165) is 51.0 Å². The number of anilines is 1. The third kappa shape index (κ3) is 6.80. The summed E-state index contributed by atoms with van der Waals surface area (Å²) in [5, 5.41) is 6.73. The molecule has 1 fully saturated rings. The summed E-state index contributed by atoms with van der Waals surface area (Å²) in [6.45, 7) is 9.41. The molecule has 0 atom stereocenters. The van der Waals surface area contributed by atoms with Crippen molar-refractivity contribution in [1.29, 1.82) is 0 Å². The second-order valence-electron chi connectivity index (χ2n) is 6.12. The number of aromatic nitrogens is 1. The first kappa shape index (κ1) is 21.0. The maximum Gasteiger partial charge on any atom is 0.191 e. The van der Waals surface area contributed by atoms with Crippen molar-refractivity contribution in [2.75, 3.05) is 44.8 Å². The van der Waals surface area contributed by atoms with Crippen LogP contribution in [0.1, 0.15) is 25.8 Å². The zero-order chi connectivity index (χ0) is 16.5. The summed E-state index contributed by atoms with van der Waals surface area (Å²) in [4.78, 5) is 11.1. The molecule has 24 heavy (non-hydrogen) atoms. The highest BCUT2D eigenvalue weighted by Crippen LogP contribution is 2.18. The van der Waals surface area contributed by atoms with Gasteiger partial charge in [-0.15, -0.1) is 24.0 Å². The smallest absolute Gasteiger partial charge is 0.191 e. The lowest BCUT2D eigenvalue weighted by Crippen LogP contribution is -2.39. The number of halogens is 1. The van der Waals surface area contributed by atoms with Gasteiger partial charge in [-0.25, -0.2) is 4.98 Å². The monoisotopic (exact) mass is 447 g/mol. The van der Waals surface area contributed by atoms with Gasteiger partial charge >= 0.3 is 0 Å². The van der Waals surface area contributed by atoms with Gasteiger partial charge in [0.05, 0.1) is 13.2 Å². The predicted molar refractivity (Wildman–Crippen MR) is 110 cm³/mol. The molecular weight excluding hydrogens is 417 g/mol. The maximum atomic E-state index is 5.43. The fourth-order valence-corrected chi connectivity index (χ4v) is 2.51. The van der Waals surface area contributed by atoms with Crippen LogP contribution < -0.4 is 15.5 Å². The molecule has 2 N–H and O–H groups in total. The molecule has 0 bridgehead atoms. The number of nitrogens with zero attached hydrogens (tertiary/aromatic N) is 3. The molecule has 2 rings (SSSR count). The van der Waals surface area contributed by atoms with Crippen LogP contribution in [-0.4, -0.2) is 50.8 Å². The SMILES string of the molecule is CN=C(NCCC(C)C)NCc1cccnc1N1CCOCC1.I. The second-order valence-corrected chi connectivity index (χ2v) is 6.12. The van der Waals surface area contributed by atoms with Gasteiger partial charge < -0.3 is 20.3 Å². The highest BCUT2D eigenvalue weighted by Gasteiger charge is 2.15. The van der Waals surface area contributed by atoms with Gasteiger partial charge in [-0.3, -0.25) is 4.99 Å². The molecular formula is C17H30IN5O. The third-order valence-electron chi connectivity index (χ3n) is 3.86. The van der Waals surface area contributed by atoms with Crippen molar-refractivity contribution < 1.29 is 4.74 Å². The molecule has 0 unspecified atom stereocenters. The van der Waals surface area contributed by atoms with Gasteiger partial charge in [0.25, 0.3) is 0 Å². The lowest BCUT2D eigenvalue weighted by molar-refractivity contribution is 0.122. The second kappa shape index (κ2) is 11.5. The zero-order valence-electron chi connectivity index (χ0n) is 14.9. The first-order chi connectivity index (χ1) is 11.2. The summed E-state index contributed by atoms with van der Waals surface area (Å²) < 4.78 is 5.43. The van der Waals surface area contributed by atoms with Crippen LogP contribution in [0, 0.1) is 5.92 Å². The van der Waals surface area contributed by atoms with Crippen molar-refractivity contribution in [2.24, 2.45) is 10.9 Å². The molecule has 1 saturated heterocycles. The molecule has 1 aromatic heterocycles. The van der Waals surface area contributed by atoms with Crippen LogP contribution in [0.2, 0.25) is 0 Å². The number of guanidine groups is 1. The van der Waals surface area contributed by atoms with Crippen molar-refractivity contribution in [2.45, 2.75) is 26.8 Å². The van der Waals surface area contributed by atoms with Crippen molar-refractivity contribution in [1.82, 2.24) is 15.6 Å². The van der Waals surface area contributed by atoms with Crippen molar-refractivity contribution >= 4 is 35.8 Å². The van der Waals surface area contributed by atoms with Gasteiger partial charge in [0.1, 0.15) is 5.82 Å². The molecule has 6 nitrogen and oxygen atoms in total. The number of rotatable bonds is 6. The topological polar surface area (TPSA) is 61.8 Å². The highest BCUT2D eigenvalue weighted by molar-refractivity contribution is 14.0. The molecule has 0 radical (unpaired) electrons. The maximum absolute atomic E-state index is 5.43. The normalized spacial score (nSPS) is 15.2. The summed E-state index contributed by atoms with van der Waals surface area (Å²) >= 11 is 0. The molecule has 0 spiro atoms. The van der Waals surface area contributed by atoms with E-state index in [0.29, 0.717) is 12.5 Å². The third-order valence-corrected chi connectivity index (χ3v) is 3.86. The Kier molecular flexibility index (Phi) is 10.0. The number of aliphatic imine (C=N–C) groups is 1. The Labute approximate surface area is 162 Å². The Bertz CT molecular complexity index is 504. The molecule has 136 valence electrons. The number of hydrogen-bond donors (Lipinski definition) is 2. The molecule has 0 aliphatic carbocycles. The quantitative estimate of drug-likeness (QED) is 0.398. The van der Waals surface area contributed by atoms with Crippen molar-refractivity contribution in [3.63, 3.8) is 0 Å². The van der Waals surface area contributed by atoms with Gasteiger partial charge in [-0.1, -0.05) is 19.9 Å². The van der Waals surface area contributed by atoms with Gasteiger partial charge in [-0.05, 0) is 18.4 Å². The summed E-state index contributed by atoms with van der Waals surface area (Å²) in [5.41, 5.74) is 1.18. The van der Waals surface area contributed by atoms with E-state index in [4.69, 9.17) is 4.74 Å².